The van der Waals surface area contributed by atoms with Crippen LogP contribution in [0.3, 0.4) is 0 Å². The minimum atomic E-state index is -0.429. The topological polar surface area (TPSA) is 64.4 Å². The second kappa shape index (κ2) is 12.7. The maximum absolute atomic E-state index is 14.1. The highest BCUT2D eigenvalue weighted by Gasteiger charge is 2.31. The Morgan fingerprint density at radius 3 is 2.33 bits per heavy atom. The largest absolute Gasteiger partial charge is 0.495 e. The molecule has 0 fully saturated rings. The van der Waals surface area contributed by atoms with Gasteiger partial charge in [0.2, 0.25) is 0 Å². The summed E-state index contributed by atoms with van der Waals surface area (Å²) in [6, 6.07) is 22.3. The van der Waals surface area contributed by atoms with Crippen molar-refractivity contribution < 1.29 is 9.53 Å². The number of hydrogen-bond donors (Lipinski definition) is 0. The Balaban J connectivity index is 1.89. The van der Waals surface area contributed by atoms with E-state index >= 15 is 0 Å². The number of carbonyl (C=O) groups is 1. The van der Waals surface area contributed by atoms with Crippen LogP contribution in [0.2, 0.25) is 0 Å². The SMILES string of the molecule is CCCCc1ccc(C(=O)N(CC(C)C)C(CC)c2nc3ccccc3c(=O)n2-c2ccccc2OC)cc1. The number of benzene rings is 3. The van der Waals surface area contributed by atoms with Gasteiger partial charge in [0.1, 0.15) is 11.6 Å². The van der Waals surface area contributed by atoms with Crippen LogP contribution in [0.4, 0.5) is 0 Å². The summed E-state index contributed by atoms with van der Waals surface area (Å²) in [6.45, 7) is 8.94. The van der Waals surface area contributed by atoms with Gasteiger partial charge in [-0.1, -0.05) is 70.5 Å². The molecule has 6 heteroatoms. The molecule has 4 aromatic rings. The van der Waals surface area contributed by atoms with Gasteiger partial charge in [0.25, 0.3) is 11.5 Å². The van der Waals surface area contributed by atoms with Crippen molar-refractivity contribution in [2.75, 3.05) is 13.7 Å². The molecule has 1 atom stereocenters. The molecule has 0 bridgehead atoms. The zero-order valence-electron chi connectivity index (χ0n) is 23.7. The second-order valence-corrected chi connectivity index (χ2v) is 10.4. The molecular formula is C33H39N3O3. The van der Waals surface area contributed by atoms with E-state index in [0.717, 1.165) is 19.3 Å². The third-order valence-electron chi connectivity index (χ3n) is 7.03. The molecule has 0 spiro atoms. The third kappa shape index (κ3) is 6.06. The van der Waals surface area contributed by atoms with Crippen LogP contribution in [0.15, 0.2) is 77.6 Å². The minimum absolute atomic E-state index is 0.0634. The van der Waals surface area contributed by atoms with Gasteiger partial charge in [-0.3, -0.25) is 14.2 Å². The molecule has 4 rings (SSSR count). The number of para-hydroxylation sites is 3. The van der Waals surface area contributed by atoms with Crippen LogP contribution in [0.5, 0.6) is 5.75 Å². The lowest BCUT2D eigenvalue weighted by atomic mass is 10.0. The average molecular weight is 526 g/mol. The maximum atomic E-state index is 14.1. The summed E-state index contributed by atoms with van der Waals surface area (Å²) in [6.07, 6.45) is 3.85. The number of unbranched alkanes of at least 4 members (excludes halogenated alkanes) is 1. The fraction of sp³-hybridized carbons (Fsp3) is 0.364. The van der Waals surface area contributed by atoms with Gasteiger partial charge < -0.3 is 9.64 Å². The molecule has 39 heavy (non-hydrogen) atoms. The highest BCUT2D eigenvalue weighted by atomic mass is 16.5. The number of nitrogens with zero attached hydrogens (tertiary/aromatic N) is 3. The Bertz CT molecular complexity index is 1470. The van der Waals surface area contributed by atoms with Crippen LogP contribution in [0.25, 0.3) is 16.6 Å². The Morgan fingerprint density at radius 2 is 1.67 bits per heavy atom. The predicted octanol–water partition coefficient (Wildman–Crippen LogP) is 6.99. The lowest BCUT2D eigenvalue weighted by Crippen LogP contribution is -2.40. The molecule has 0 aliphatic heterocycles. The molecule has 1 aromatic heterocycles. The number of amides is 1. The van der Waals surface area contributed by atoms with Crippen LogP contribution in [0, 0.1) is 5.92 Å². The van der Waals surface area contributed by atoms with E-state index in [-0.39, 0.29) is 17.4 Å². The van der Waals surface area contributed by atoms with Crippen molar-refractivity contribution in [1.29, 1.82) is 0 Å². The van der Waals surface area contributed by atoms with Gasteiger partial charge in [-0.05, 0) is 67.1 Å². The van der Waals surface area contributed by atoms with Crippen LogP contribution >= 0.6 is 0 Å². The normalized spacial score (nSPS) is 12.1. The van der Waals surface area contributed by atoms with Crippen LogP contribution in [-0.4, -0.2) is 34.0 Å². The average Bonchev–Trinajstić information content (AvgIpc) is 2.96. The zero-order valence-corrected chi connectivity index (χ0v) is 23.7. The number of rotatable bonds is 11. The molecule has 0 radical (unpaired) electrons. The third-order valence-corrected chi connectivity index (χ3v) is 7.03. The molecule has 1 amide bonds. The number of aryl methyl sites for hydroxylation is 1. The van der Waals surface area contributed by atoms with Crippen LogP contribution < -0.4 is 10.3 Å². The molecule has 0 N–H and O–H groups in total. The highest BCUT2D eigenvalue weighted by Crippen LogP contribution is 2.31. The summed E-state index contributed by atoms with van der Waals surface area (Å²) >= 11 is 0. The fourth-order valence-corrected chi connectivity index (χ4v) is 5.07. The molecule has 0 saturated carbocycles. The van der Waals surface area contributed by atoms with E-state index in [1.165, 1.54) is 5.56 Å². The van der Waals surface area contributed by atoms with Crippen molar-refractivity contribution in [3.05, 3.63) is 100 Å². The first-order valence-electron chi connectivity index (χ1n) is 13.9. The van der Waals surface area contributed by atoms with E-state index in [4.69, 9.17) is 9.72 Å². The number of methoxy groups -OCH3 is 1. The summed E-state index contributed by atoms with van der Waals surface area (Å²) in [4.78, 5) is 35.0. The van der Waals surface area contributed by atoms with Gasteiger partial charge >= 0.3 is 0 Å². The van der Waals surface area contributed by atoms with Crippen LogP contribution in [-0.2, 0) is 6.42 Å². The molecule has 0 aliphatic carbocycles. The summed E-state index contributed by atoms with van der Waals surface area (Å²) in [5.74, 6) is 1.25. The van der Waals surface area contributed by atoms with E-state index in [9.17, 15) is 9.59 Å². The predicted molar refractivity (Wildman–Crippen MR) is 158 cm³/mol. The van der Waals surface area contributed by atoms with Gasteiger partial charge in [0, 0.05) is 12.1 Å². The first-order valence-corrected chi connectivity index (χ1v) is 13.9. The van der Waals surface area contributed by atoms with Gasteiger partial charge in [-0.25, -0.2) is 4.98 Å². The van der Waals surface area contributed by atoms with Gasteiger partial charge in [0.05, 0.1) is 29.7 Å². The first kappa shape index (κ1) is 28.1. The lowest BCUT2D eigenvalue weighted by Gasteiger charge is -2.34. The zero-order chi connectivity index (χ0) is 27.9. The minimum Gasteiger partial charge on any atom is -0.495 e. The molecule has 0 aliphatic rings. The van der Waals surface area contributed by atoms with Gasteiger partial charge in [-0.15, -0.1) is 0 Å². The number of aromatic nitrogens is 2. The molecule has 6 nitrogen and oxygen atoms in total. The van der Waals surface area contributed by atoms with E-state index in [1.807, 2.05) is 66.4 Å². The number of carbonyl (C=O) groups excluding carboxylic acids is 1. The maximum Gasteiger partial charge on any atom is 0.266 e. The van der Waals surface area contributed by atoms with Crippen molar-refractivity contribution in [3.8, 4) is 11.4 Å². The molecule has 1 unspecified atom stereocenters. The standard InChI is InChI=1S/C33H39N3O3/c1-6-8-13-24-18-20-25(21-19-24)32(37)35(22-23(3)4)28(7-2)31-34-27-15-10-9-14-26(27)33(38)36(31)29-16-11-12-17-30(29)39-5/h9-12,14-21,23,28H,6-8,13,22H2,1-5H3. The van der Waals surface area contributed by atoms with Gasteiger partial charge in [-0.2, -0.15) is 0 Å². The van der Waals surface area contributed by atoms with Crippen molar-refractivity contribution in [2.45, 2.75) is 59.4 Å². The Kier molecular flexibility index (Phi) is 9.18. The highest BCUT2D eigenvalue weighted by molar-refractivity contribution is 5.94. The summed E-state index contributed by atoms with van der Waals surface area (Å²) < 4.78 is 7.28. The number of hydrogen-bond acceptors (Lipinski definition) is 4. The lowest BCUT2D eigenvalue weighted by molar-refractivity contribution is 0.0631. The first-order chi connectivity index (χ1) is 18.9. The van der Waals surface area contributed by atoms with E-state index in [2.05, 4.69) is 32.9 Å². The number of fused-ring (bicyclic) bond motifs is 1. The Morgan fingerprint density at radius 1 is 0.974 bits per heavy atom. The van der Waals surface area contributed by atoms with Crippen LogP contribution in [0.1, 0.15) is 74.7 Å². The van der Waals surface area contributed by atoms with Crippen molar-refractivity contribution in [3.63, 3.8) is 0 Å². The van der Waals surface area contributed by atoms with E-state index < -0.39 is 6.04 Å². The summed E-state index contributed by atoms with van der Waals surface area (Å²) in [5, 5.41) is 0.520. The quantitative estimate of drug-likeness (QED) is 0.212. The molecule has 204 valence electrons. The molecule has 0 saturated heterocycles. The van der Waals surface area contributed by atoms with Gasteiger partial charge in [0.15, 0.2) is 0 Å². The summed E-state index contributed by atoms with van der Waals surface area (Å²) in [5.41, 5.74) is 2.91. The van der Waals surface area contributed by atoms with E-state index in [0.29, 0.717) is 46.7 Å². The molecular weight excluding hydrogens is 486 g/mol. The molecule has 3 aromatic carbocycles. The van der Waals surface area contributed by atoms with Crippen molar-refractivity contribution in [2.24, 2.45) is 5.92 Å². The number of ether oxygens (including phenoxy) is 1. The Hall–Kier alpha value is -3.93. The fourth-order valence-electron chi connectivity index (χ4n) is 5.07. The molecule has 1 heterocycles. The van der Waals surface area contributed by atoms with Crippen molar-refractivity contribution >= 4 is 16.8 Å². The van der Waals surface area contributed by atoms with Crippen molar-refractivity contribution in [1.82, 2.24) is 14.5 Å². The Labute approximate surface area is 231 Å². The monoisotopic (exact) mass is 525 g/mol. The van der Waals surface area contributed by atoms with E-state index in [1.54, 1.807) is 17.7 Å². The second-order valence-electron chi connectivity index (χ2n) is 10.4. The summed E-state index contributed by atoms with van der Waals surface area (Å²) in [7, 11) is 1.59. The smallest absolute Gasteiger partial charge is 0.266 e.